The molecule has 0 saturated carbocycles. The zero-order valence-corrected chi connectivity index (χ0v) is 16.4. The van der Waals surface area contributed by atoms with Gasteiger partial charge in [0.1, 0.15) is 23.9 Å². The van der Waals surface area contributed by atoms with Crippen molar-refractivity contribution in [1.29, 1.82) is 0 Å². The van der Waals surface area contributed by atoms with Gasteiger partial charge in [0, 0.05) is 11.4 Å². The lowest BCUT2D eigenvalue weighted by Gasteiger charge is -2.10. The normalized spacial score (nSPS) is 14.5. The predicted molar refractivity (Wildman–Crippen MR) is 98.0 cm³/mol. The van der Waals surface area contributed by atoms with E-state index in [-0.39, 0.29) is 36.2 Å². The monoisotopic (exact) mass is 446 g/mol. The lowest BCUT2D eigenvalue weighted by molar-refractivity contribution is -0.118. The van der Waals surface area contributed by atoms with Crippen LogP contribution in [0.5, 0.6) is 5.75 Å². The third-order valence-electron chi connectivity index (χ3n) is 3.73. The van der Waals surface area contributed by atoms with Crippen molar-refractivity contribution >= 4 is 33.3 Å². The summed E-state index contributed by atoms with van der Waals surface area (Å²) in [6.45, 7) is -0.853. The number of amides is 3. The summed E-state index contributed by atoms with van der Waals surface area (Å²) in [7, 11) is -3.92. The standard InChI is InChI=1S/C16H16F2N4O5S2/c17-13(18)8-27-11-2-1-3-12(4-11)29(25,26)19-5-10-9-28-15(20-10)7-22-6-14(23)21-16(22)24/h1-4,9,13,19H,5-8H2,(H,21,23,24). The number of aromatic nitrogens is 1. The van der Waals surface area contributed by atoms with Crippen LogP contribution in [0.1, 0.15) is 10.7 Å². The second kappa shape index (κ2) is 8.80. The van der Waals surface area contributed by atoms with Crippen molar-refractivity contribution in [2.24, 2.45) is 0 Å². The van der Waals surface area contributed by atoms with Gasteiger partial charge in [0.2, 0.25) is 15.9 Å². The highest BCUT2D eigenvalue weighted by Crippen LogP contribution is 2.19. The number of ether oxygens (including phenoxy) is 1. The van der Waals surface area contributed by atoms with Crippen molar-refractivity contribution in [2.75, 3.05) is 13.2 Å². The summed E-state index contributed by atoms with van der Waals surface area (Å²) in [5.74, 6) is -0.373. The van der Waals surface area contributed by atoms with Gasteiger partial charge in [-0.15, -0.1) is 11.3 Å². The first-order valence-electron chi connectivity index (χ1n) is 8.25. The molecule has 1 aliphatic heterocycles. The minimum Gasteiger partial charge on any atom is -0.488 e. The Morgan fingerprint density at radius 3 is 2.83 bits per heavy atom. The number of imide groups is 1. The molecule has 2 aromatic rings. The first-order valence-corrected chi connectivity index (χ1v) is 10.6. The van der Waals surface area contributed by atoms with Gasteiger partial charge in [0.15, 0.2) is 0 Å². The minimum atomic E-state index is -3.92. The molecule has 0 aliphatic carbocycles. The first kappa shape index (κ1) is 21.1. The molecule has 156 valence electrons. The van der Waals surface area contributed by atoms with Crippen molar-refractivity contribution < 1.29 is 31.5 Å². The van der Waals surface area contributed by atoms with Gasteiger partial charge in [-0.1, -0.05) is 6.07 Å². The van der Waals surface area contributed by atoms with E-state index in [0.29, 0.717) is 10.7 Å². The van der Waals surface area contributed by atoms with Gasteiger partial charge >= 0.3 is 6.03 Å². The molecule has 2 N–H and O–H groups in total. The Bertz CT molecular complexity index is 1010. The van der Waals surface area contributed by atoms with Crippen molar-refractivity contribution in [3.05, 3.63) is 40.3 Å². The fourth-order valence-corrected chi connectivity index (χ4v) is 4.26. The van der Waals surface area contributed by atoms with E-state index in [1.54, 1.807) is 5.38 Å². The summed E-state index contributed by atoms with van der Waals surface area (Å²) >= 11 is 1.23. The minimum absolute atomic E-state index is 0.0163. The highest BCUT2D eigenvalue weighted by Gasteiger charge is 2.27. The molecule has 0 radical (unpaired) electrons. The summed E-state index contributed by atoms with van der Waals surface area (Å²) in [6.07, 6.45) is -2.67. The van der Waals surface area contributed by atoms with Gasteiger partial charge in [0.25, 0.3) is 6.43 Å². The van der Waals surface area contributed by atoms with Crippen LogP contribution in [-0.2, 0) is 27.9 Å². The smallest absolute Gasteiger partial charge is 0.324 e. The third kappa shape index (κ3) is 5.68. The van der Waals surface area contributed by atoms with E-state index in [2.05, 4.69) is 15.0 Å². The molecule has 0 atom stereocenters. The van der Waals surface area contributed by atoms with Crippen LogP contribution in [0.25, 0.3) is 0 Å². The average molecular weight is 446 g/mol. The number of hydrogen-bond acceptors (Lipinski definition) is 7. The fourth-order valence-electron chi connectivity index (χ4n) is 2.42. The van der Waals surface area contributed by atoms with Crippen LogP contribution < -0.4 is 14.8 Å². The van der Waals surface area contributed by atoms with E-state index in [1.807, 2.05) is 0 Å². The average Bonchev–Trinajstić information content (AvgIpc) is 3.24. The van der Waals surface area contributed by atoms with Gasteiger partial charge in [-0.2, -0.15) is 0 Å². The molecule has 0 spiro atoms. The van der Waals surface area contributed by atoms with Crippen molar-refractivity contribution in [2.45, 2.75) is 24.4 Å². The molecule has 0 unspecified atom stereocenters. The van der Waals surface area contributed by atoms with Crippen LogP contribution >= 0.6 is 11.3 Å². The zero-order valence-electron chi connectivity index (χ0n) is 14.8. The highest BCUT2D eigenvalue weighted by atomic mass is 32.2. The third-order valence-corrected chi connectivity index (χ3v) is 6.01. The van der Waals surface area contributed by atoms with Crippen LogP contribution in [0.15, 0.2) is 34.5 Å². The molecule has 0 bridgehead atoms. The van der Waals surface area contributed by atoms with E-state index in [0.717, 1.165) is 6.07 Å². The van der Waals surface area contributed by atoms with Crippen LogP contribution in [0.3, 0.4) is 0 Å². The Morgan fingerprint density at radius 1 is 1.34 bits per heavy atom. The molecule has 1 saturated heterocycles. The van der Waals surface area contributed by atoms with Crippen molar-refractivity contribution in [1.82, 2.24) is 19.9 Å². The van der Waals surface area contributed by atoms with Gasteiger partial charge in [-0.05, 0) is 12.1 Å². The molecule has 13 heteroatoms. The Balaban J connectivity index is 1.59. The number of rotatable bonds is 9. The second-order valence-electron chi connectivity index (χ2n) is 5.94. The quantitative estimate of drug-likeness (QED) is 0.561. The maximum Gasteiger partial charge on any atom is 0.324 e. The molecule has 1 aliphatic rings. The molecule has 1 fully saturated rings. The topological polar surface area (TPSA) is 118 Å². The summed E-state index contributed by atoms with van der Waals surface area (Å²) < 4.78 is 56.5. The van der Waals surface area contributed by atoms with Crippen LogP contribution in [0.2, 0.25) is 0 Å². The number of thiazole rings is 1. The molecule has 3 amide bonds. The number of alkyl halides is 2. The van der Waals surface area contributed by atoms with E-state index >= 15 is 0 Å². The highest BCUT2D eigenvalue weighted by molar-refractivity contribution is 7.89. The molecule has 2 heterocycles. The molecular weight excluding hydrogens is 430 g/mol. The largest absolute Gasteiger partial charge is 0.488 e. The fraction of sp³-hybridized carbons (Fsp3) is 0.312. The van der Waals surface area contributed by atoms with Gasteiger partial charge < -0.3 is 9.64 Å². The molecule has 1 aromatic carbocycles. The van der Waals surface area contributed by atoms with E-state index in [9.17, 15) is 26.8 Å². The molecule has 3 rings (SSSR count). The SMILES string of the molecule is O=C1CN(Cc2nc(CNS(=O)(=O)c3cccc(OCC(F)F)c3)cs2)C(=O)N1. The van der Waals surface area contributed by atoms with E-state index in [4.69, 9.17) is 4.74 Å². The number of nitrogens with zero attached hydrogens (tertiary/aromatic N) is 2. The van der Waals surface area contributed by atoms with Crippen LogP contribution in [0.4, 0.5) is 13.6 Å². The second-order valence-corrected chi connectivity index (χ2v) is 8.65. The number of nitrogens with one attached hydrogen (secondary N) is 2. The summed E-state index contributed by atoms with van der Waals surface area (Å²) in [5.41, 5.74) is 0.435. The number of halogens is 2. The van der Waals surface area contributed by atoms with Crippen LogP contribution in [-0.4, -0.2) is 49.8 Å². The maximum atomic E-state index is 12.4. The predicted octanol–water partition coefficient (Wildman–Crippen LogP) is 1.32. The zero-order chi connectivity index (χ0) is 21.0. The van der Waals surface area contributed by atoms with Crippen LogP contribution in [0, 0.1) is 0 Å². The number of carbonyl (C=O) groups is 2. The molecule has 1 aromatic heterocycles. The summed E-state index contributed by atoms with van der Waals surface area (Å²) in [6, 6.07) is 4.74. The molecule has 9 nitrogen and oxygen atoms in total. The number of hydrogen-bond donors (Lipinski definition) is 2. The van der Waals surface area contributed by atoms with Crippen molar-refractivity contribution in [3.8, 4) is 5.75 Å². The molecular formula is C16H16F2N4O5S2. The molecule has 29 heavy (non-hydrogen) atoms. The summed E-state index contributed by atoms with van der Waals surface area (Å²) in [5, 5.41) is 4.34. The van der Waals surface area contributed by atoms with E-state index < -0.39 is 29.1 Å². The Labute approximate surface area is 168 Å². The van der Waals surface area contributed by atoms with Gasteiger partial charge in [0.05, 0.1) is 23.7 Å². The number of benzene rings is 1. The Hall–Kier alpha value is -2.64. The summed E-state index contributed by atoms with van der Waals surface area (Å²) in [4.78, 5) is 28.1. The van der Waals surface area contributed by atoms with E-state index in [1.165, 1.54) is 34.4 Å². The lowest BCUT2D eigenvalue weighted by atomic mass is 10.3. The Kier molecular flexibility index (Phi) is 6.39. The Morgan fingerprint density at radius 2 is 2.14 bits per heavy atom. The number of sulfonamides is 1. The number of urea groups is 1. The maximum absolute atomic E-state index is 12.4. The lowest BCUT2D eigenvalue weighted by Crippen LogP contribution is -2.27. The van der Waals surface area contributed by atoms with Crippen molar-refractivity contribution in [3.63, 3.8) is 0 Å². The van der Waals surface area contributed by atoms with Gasteiger partial charge in [-0.25, -0.2) is 31.7 Å². The van der Waals surface area contributed by atoms with Gasteiger partial charge in [-0.3, -0.25) is 10.1 Å². The first-order chi connectivity index (χ1) is 13.7. The number of carbonyl (C=O) groups excluding carboxylic acids is 2.